The zero-order chi connectivity index (χ0) is 21.9. The van der Waals surface area contributed by atoms with Crippen LogP contribution in [0, 0.1) is 5.92 Å². The molecule has 0 radical (unpaired) electrons. The summed E-state index contributed by atoms with van der Waals surface area (Å²) in [4.78, 5) is 9.27. The Balaban J connectivity index is 1.44. The van der Waals surface area contributed by atoms with Crippen LogP contribution >= 0.6 is 0 Å². The van der Waals surface area contributed by atoms with Crippen LogP contribution in [0.4, 0.5) is 5.95 Å². The second-order valence-corrected chi connectivity index (χ2v) is 8.76. The van der Waals surface area contributed by atoms with Crippen molar-refractivity contribution >= 4 is 22.4 Å². The lowest BCUT2D eigenvalue weighted by Gasteiger charge is -2.24. The van der Waals surface area contributed by atoms with Crippen LogP contribution in [0.5, 0.6) is 0 Å². The Kier molecular flexibility index (Phi) is 5.89. The Hall–Kier alpha value is -3.21. The van der Waals surface area contributed by atoms with Gasteiger partial charge < -0.3 is 5.32 Å². The predicted octanol–water partition coefficient (Wildman–Crippen LogP) is 6.48. The van der Waals surface area contributed by atoms with Crippen molar-refractivity contribution in [1.29, 1.82) is 0 Å². The van der Waals surface area contributed by atoms with Crippen LogP contribution < -0.4 is 5.32 Å². The van der Waals surface area contributed by atoms with E-state index in [-0.39, 0.29) is 6.04 Å². The fourth-order valence-corrected chi connectivity index (χ4v) is 4.53. The molecule has 1 unspecified atom stereocenters. The van der Waals surface area contributed by atoms with Gasteiger partial charge >= 0.3 is 0 Å². The van der Waals surface area contributed by atoms with Gasteiger partial charge in [0.25, 0.3) is 0 Å². The number of aromatic nitrogens is 4. The maximum absolute atomic E-state index is 4.99. The normalized spacial score (nSPS) is 19.5. The molecule has 3 aromatic rings. The number of hydrogen-bond acceptors (Lipinski definition) is 4. The van der Waals surface area contributed by atoms with Crippen molar-refractivity contribution in [3.05, 3.63) is 77.8 Å². The molecule has 5 rings (SSSR count). The Labute approximate surface area is 190 Å². The van der Waals surface area contributed by atoms with Gasteiger partial charge in [-0.05, 0) is 68.7 Å². The van der Waals surface area contributed by atoms with E-state index in [2.05, 4.69) is 59.2 Å². The molecule has 1 atom stereocenters. The second-order valence-electron chi connectivity index (χ2n) is 8.76. The summed E-state index contributed by atoms with van der Waals surface area (Å²) < 4.78 is 2.16. The topological polar surface area (TPSA) is 55.6 Å². The first-order valence-electron chi connectivity index (χ1n) is 11.9. The number of nitrogens with one attached hydrogen (secondary N) is 1. The molecule has 1 aliphatic carbocycles. The molecule has 0 saturated heterocycles. The molecule has 0 spiro atoms. The highest BCUT2D eigenvalue weighted by Gasteiger charge is 2.26. The van der Waals surface area contributed by atoms with Crippen LogP contribution in [0.2, 0.25) is 0 Å². The summed E-state index contributed by atoms with van der Waals surface area (Å²) in [5.41, 5.74) is 5.89. The quantitative estimate of drug-likeness (QED) is 0.440. The summed E-state index contributed by atoms with van der Waals surface area (Å²) >= 11 is 0. The summed E-state index contributed by atoms with van der Waals surface area (Å²) in [6, 6.07) is 10.5. The van der Waals surface area contributed by atoms with Crippen LogP contribution in [0.25, 0.3) is 16.5 Å². The Morgan fingerprint density at radius 3 is 2.91 bits per heavy atom. The number of fused-ring (bicyclic) bond motifs is 2. The van der Waals surface area contributed by atoms with Gasteiger partial charge in [-0.25, -0.2) is 9.97 Å². The smallest absolute Gasteiger partial charge is 0.223 e. The lowest BCUT2D eigenvalue weighted by molar-refractivity contribution is 0.444. The van der Waals surface area contributed by atoms with Crippen molar-refractivity contribution in [2.75, 3.05) is 5.32 Å². The SMILES string of the molecule is C\C=C/C(=C\C(=C\CC)C1CC1)c1cc2n(n1)CCCC2Nc1ncc2ccccc2n1. The minimum absolute atomic E-state index is 0.159. The fourth-order valence-electron chi connectivity index (χ4n) is 4.53. The molecule has 164 valence electrons. The molecule has 5 nitrogen and oxygen atoms in total. The molecule has 1 aliphatic heterocycles. The molecular formula is C27H31N5. The van der Waals surface area contributed by atoms with Crippen LogP contribution in [0.3, 0.4) is 0 Å². The van der Waals surface area contributed by atoms with Crippen molar-refractivity contribution in [3.63, 3.8) is 0 Å². The number of aryl methyl sites for hydroxylation is 1. The molecule has 32 heavy (non-hydrogen) atoms. The number of rotatable bonds is 7. The third-order valence-electron chi connectivity index (χ3n) is 6.28. The summed E-state index contributed by atoms with van der Waals surface area (Å²) in [6.45, 7) is 5.24. The van der Waals surface area contributed by atoms with E-state index in [4.69, 9.17) is 10.1 Å². The van der Waals surface area contributed by atoms with Crippen molar-refractivity contribution in [2.45, 2.75) is 58.5 Å². The lowest BCUT2D eigenvalue weighted by Crippen LogP contribution is -2.22. The first-order chi connectivity index (χ1) is 15.7. The highest BCUT2D eigenvalue weighted by Crippen LogP contribution is 2.39. The third kappa shape index (κ3) is 4.38. The predicted molar refractivity (Wildman–Crippen MR) is 131 cm³/mol. The molecule has 1 saturated carbocycles. The minimum Gasteiger partial charge on any atom is -0.346 e. The van der Waals surface area contributed by atoms with E-state index < -0.39 is 0 Å². The summed E-state index contributed by atoms with van der Waals surface area (Å²) in [5, 5.41) is 9.62. The van der Waals surface area contributed by atoms with Crippen LogP contribution in [-0.2, 0) is 6.54 Å². The van der Waals surface area contributed by atoms with Gasteiger partial charge in [-0.3, -0.25) is 4.68 Å². The fraction of sp³-hybridized carbons (Fsp3) is 0.370. The summed E-state index contributed by atoms with van der Waals surface area (Å²) in [7, 11) is 0. The van der Waals surface area contributed by atoms with Gasteiger partial charge in [0.1, 0.15) is 0 Å². The average molecular weight is 426 g/mol. The first kappa shape index (κ1) is 20.7. The van der Waals surface area contributed by atoms with E-state index in [1.54, 1.807) is 0 Å². The van der Waals surface area contributed by atoms with E-state index in [9.17, 15) is 0 Å². The van der Waals surface area contributed by atoms with Gasteiger partial charge in [0.05, 0.1) is 22.9 Å². The monoisotopic (exact) mass is 425 g/mol. The molecule has 5 heteroatoms. The van der Waals surface area contributed by atoms with Gasteiger partial charge in [0.15, 0.2) is 0 Å². The van der Waals surface area contributed by atoms with Gasteiger partial charge in [-0.1, -0.05) is 43.4 Å². The molecule has 0 amide bonds. The van der Waals surface area contributed by atoms with Gasteiger partial charge in [-0.15, -0.1) is 0 Å². The lowest BCUT2D eigenvalue weighted by atomic mass is 10.0. The largest absolute Gasteiger partial charge is 0.346 e. The molecule has 0 bridgehead atoms. The highest BCUT2D eigenvalue weighted by molar-refractivity contribution is 5.78. The highest BCUT2D eigenvalue weighted by atomic mass is 15.3. The van der Waals surface area contributed by atoms with Crippen molar-refractivity contribution in [3.8, 4) is 0 Å². The van der Waals surface area contributed by atoms with Crippen LogP contribution in [0.15, 0.2) is 66.4 Å². The number of anilines is 1. The molecular weight excluding hydrogens is 394 g/mol. The van der Waals surface area contributed by atoms with E-state index in [0.29, 0.717) is 5.95 Å². The Bertz CT molecular complexity index is 1200. The zero-order valence-corrected chi connectivity index (χ0v) is 19.0. The number of allylic oxidation sites excluding steroid dienone is 6. The number of hydrogen-bond donors (Lipinski definition) is 1. The van der Waals surface area contributed by atoms with Crippen LogP contribution in [-0.4, -0.2) is 19.7 Å². The maximum atomic E-state index is 4.99. The molecule has 2 aromatic heterocycles. The zero-order valence-electron chi connectivity index (χ0n) is 19.0. The Morgan fingerprint density at radius 1 is 1.22 bits per heavy atom. The van der Waals surface area contributed by atoms with Gasteiger partial charge in [0.2, 0.25) is 5.95 Å². The molecule has 1 N–H and O–H groups in total. The number of nitrogens with zero attached hydrogens (tertiary/aromatic N) is 4. The summed E-state index contributed by atoms with van der Waals surface area (Å²) in [6.07, 6.45) is 16.7. The molecule has 2 aliphatic rings. The maximum Gasteiger partial charge on any atom is 0.223 e. The van der Waals surface area contributed by atoms with Crippen molar-refractivity contribution < 1.29 is 0 Å². The van der Waals surface area contributed by atoms with Gasteiger partial charge in [-0.2, -0.15) is 5.10 Å². The first-order valence-corrected chi connectivity index (χ1v) is 11.9. The third-order valence-corrected chi connectivity index (χ3v) is 6.28. The standard InChI is InChI=1S/C27H31N5/c1-3-8-20(19-13-14-19)16-21(9-4-2)25-17-26-24(12-7-15-32(26)31-25)30-27-28-18-22-10-5-6-11-23(22)29-27/h4-6,8-11,16-19,24H,3,7,12-15H2,1-2H3,(H,28,29,30)/b9-4-,20-8-,21-16+. The summed E-state index contributed by atoms with van der Waals surface area (Å²) in [5.74, 6) is 1.41. The number of benzene rings is 1. The Morgan fingerprint density at radius 2 is 2.09 bits per heavy atom. The van der Waals surface area contributed by atoms with Crippen molar-refractivity contribution in [1.82, 2.24) is 19.7 Å². The van der Waals surface area contributed by atoms with Crippen molar-refractivity contribution in [2.24, 2.45) is 5.92 Å². The number of para-hydroxylation sites is 1. The second kappa shape index (κ2) is 9.11. The average Bonchev–Trinajstić information content (AvgIpc) is 3.56. The van der Waals surface area contributed by atoms with E-state index in [1.165, 1.54) is 29.7 Å². The van der Waals surface area contributed by atoms with Gasteiger partial charge in [0, 0.05) is 23.7 Å². The van der Waals surface area contributed by atoms with E-state index in [1.807, 2.05) is 30.5 Å². The van der Waals surface area contributed by atoms with E-state index >= 15 is 0 Å². The molecule has 1 aromatic carbocycles. The molecule has 3 heterocycles. The van der Waals surface area contributed by atoms with Crippen LogP contribution in [0.1, 0.15) is 63.4 Å². The molecule has 1 fully saturated rings. The minimum atomic E-state index is 0.159. The van der Waals surface area contributed by atoms with E-state index in [0.717, 1.165) is 48.3 Å².